The smallest absolute Gasteiger partial charge is 0.199 e. The summed E-state index contributed by atoms with van der Waals surface area (Å²) in [6.45, 7) is 0. The topological polar surface area (TPSA) is 26.3 Å². The van der Waals surface area contributed by atoms with Gasteiger partial charge in [0.2, 0.25) is 0 Å². The average Bonchev–Trinajstić information content (AvgIpc) is 2.41. The molecule has 0 atom stereocenters. The zero-order chi connectivity index (χ0) is 14.0. The van der Waals surface area contributed by atoms with Gasteiger partial charge < -0.3 is 4.74 Å². The molecular weight excluding hydrogens is 274 g/mol. The van der Waals surface area contributed by atoms with Crippen molar-refractivity contribution in [1.29, 1.82) is 0 Å². The summed E-state index contributed by atoms with van der Waals surface area (Å²) in [6, 6.07) is 7.64. The lowest BCUT2D eigenvalue weighted by molar-refractivity contribution is 0.103. The molecule has 0 N–H and O–H groups in total. The molecule has 0 aliphatic heterocycles. The number of ketones is 1. The Morgan fingerprint density at radius 2 is 1.89 bits per heavy atom. The molecule has 0 aliphatic rings. The maximum absolute atomic E-state index is 13.9. The van der Waals surface area contributed by atoms with Gasteiger partial charge in [0, 0.05) is 5.02 Å². The van der Waals surface area contributed by atoms with E-state index in [2.05, 4.69) is 0 Å². The summed E-state index contributed by atoms with van der Waals surface area (Å²) < 4.78 is 32.3. The molecule has 0 bridgehead atoms. The van der Waals surface area contributed by atoms with Gasteiger partial charge in [-0.3, -0.25) is 4.79 Å². The number of carbonyl (C=O) groups is 1. The van der Waals surface area contributed by atoms with Gasteiger partial charge in [0.25, 0.3) is 0 Å². The summed E-state index contributed by atoms with van der Waals surface area (Å²) in [6.07, 6.45) is 0. The van der Waals surface area contributed by atoms with E-state index in [1.165, 1.54) is 31.4 Å². The normalized spacial score (nSPS) is 10.3. The Labute approximate surface area is 113 Å². The Balaban J connectivity index is 2.53. The van der Waals surface area contributed by atoms with Gasteiger partial charge in [-0.05, 0) is 30.3 Å². The SMILES string of the molecule is COc1cccc(C(=O)c2cc(Cl)ccc2F)c1F. The number of ether oxygens (including phenoxy) is 1. The molecule has 0 aliphatic carbocycles. The van der Waals surface area contributed by atoms with Gasteiger partial charge in [0.15, 0.2) is 17.3 Å². The van der Waals surface area contributed by atoms with Crippen molar-refractivity contribution in [1.82, 2.24) is 0 Å². The van der Waals surface area contributed by atoms with Gasteiger partial charge in [-0.2, -0.15) is 0 Å². The molecule has 0 radical (unpaired) electrons. The van der Waals surface area contributed by atoms with E-state index < -0.39 is 17.4 Å². The van der Waals surface area contributed by atoms with Crippen molar-refractivity contribution in [2.75, 3.05) is 7.11 Å². The van der Waals surface area contributed by atoms with Crippen LogP contribution in [0.25, 0.3) is 0 Å². The lowest BCUT2D eigenvalue weighted by atomic mass is 10.0. The molecule has 19 heavy (non-hydrogen) atoms. The van der Waals surface area contributed by atoms with Crippen molar-refractivity contribution in [2.45, 2.75) is 0 Å². The lowest BCUT2D eigenvalue weighted by Gasteiger charge is -2.07. The Kier molecular flexibility index (Phi) is 3.81. The van der Waals surface area contributed by atoms with Crippen LogP contribution in [-0.4, -0.2) is 12.9 Å². The van der Waals surface area contributed by atoms with Crippen LogP contribution in [-0.2, 0) is 0 Å². The number of carbonyl (C=O) groups excluding carboxylic acids is 1. The number of methoxy groups -OCH3 is 1. The van der Waals surface area contributed by atoms with Crippen LogP contribution in [0.2, 0.25) is 5.02 Å². The Morgan fingerprint density at radius 3 is 2.58 bits per heavy atom. The van der Waals surface area contributed by atoms with Crippen molar-refractivity contribution >= 4 is 17.4 Å². The summed E-state index contributed by atoms with van der Waals surface area (Å²) in [5, 5.41) is 0.202. The molecule has 5 heteroatoms. The van der Waals surface area contributed by atoms with E-state index in [0.29, 0.717) is 0 Å². The molecule has 2 nitrogen and oxygen atoms in total. The number of rotatable bonds is 3. The zero-order valence-corrected chi connectivity index (χ0v) is 10.7. The van der Waals surface area contributed by atoms with Crippen LogP contribution in [0.5, 0.6) is 5.75 Å². The fourth-order valence-electron chi connectivity index (χ4n) is 1.66. The first-order valence-corrected chi connectivity index (χ1v) is 5.74. The molecule has 0 saturated heterocycles. The molecule has 98 valence electrons. The lowest BCUT2D eigenvalue weighted by Crippen LogP contribution is -2.07. The van der Waals surface area contributed by atoms with Crippen LogP contribution in [0.15, 0.2) is 36.4 Å². The third kappa shape index (κ3) is 2.58. The van der Waals surface area contributed by atoms with Gasteiger partial charge in [0.05, 0.1) is 18.2 Å². The Hall–Kier alpha value is -1.94. The van der Waals surface area contributed by atoms with Crippen LogP contribution in [0, 0.1) is 11.6 Å². The van der Waals surface area contributed by atoms with E-state index >= 15 is 0 Å². The first-order valence-electron chi connectivity index (χ1n) is 5.37. The second-order valence-electron chi connectivity index (χ2n) is 3.78. The zero-order valence-electron chi connectivity index (χ0n) is 9.91. The predicted octanol–water partition coefficient (Wildman–Crippen LogP) is 3.86. The van der Waals surface area contributed by atoms with Crippen LogP contribution in [0.1, 0.15) is 15.9 Å². The first kappa shape index (κ1) is 13.5. The molecule has 0 heterocycles. The van der Waals surface area contributed by atoms with Gasteiger partial charge in [0.1, 0.15) is 5.82 Å². The number of hydrogen-bond donors (Lipinski definition) is 0. The fourth-order valence-corrected chi connectivity index (χ4v) is 1.83. The maximum atomic E-state index is 13.9. The summed E-state index contributed by atoms with van der Waals surface area (Å²) in [5.74, 6) is -2.43. The quantitative estimate of drug-likeness (QED) is 0.799. The second-order valence-corrected chi connectivity index (χ2v) is 4.21. The second kappa shape index (κ2) is 5.36. The molecular formula is C14H9ClF2O2. The largest absolute Gasteiger partial charge is 0.494 e. The summed E-state index contributed by atoms with van der Waals surface area (Å²) in [7, 11) is 1.28. The highest BCUT2D eigenvalue weighted by Gasteiger charge is 2.20. The molecule has 2 aromatic carbocycles. The minimum absolute atomic E-state index is 0.0757. The van der Waals surface area contributed by atoms with Crippen molar-refractivity contribution in [3.8, 4) is 5.75 Å². The van der Waals surface area contributed by atoms with Crippen molar-refractivity contribution in [3.63, 3.8) is 0 Å². The molecule has 2 aromatic rings. The fraction of sp³-hybridized carbons (Fsp3) is 0.0714. The van der Waals surface area contributed by atoms with E-state index in [4.69, 9.17) is 16.3 Å². The third-order valence-corrected chi connectivity index (χ3v) is 2.84. The minimum atomic E-state index is -0.825. The Bertz CT molecular complexity index is 641. The van der Waals surface area contributed by atoms with E-state index in [-0.39, 0.29) is 21.9 Å². The summed E-state index contributed by atoms with van der Waals surface area (Å²) >= 11 is 5.71. The average molecular weight is 283 g/mol. The standard InChI is InChI=1S/C14H9ClF2O2/c1-19-12-4-2-3-9(13(12)17)14(18)10-7-8(15)5-6-11(10)16/h2-7H,1H3. The third-order valence-electron chi connectivity index (χ3n) is 2.60. The number of halogens is 3. The molecule has 0 fully saturated rings. The van der Waals surface area contributed by atoms with Crippen molar-refractivity contribution < 1.29 is 18.3 Å². The van der Waals surface area contributed by atoms with Crippen LogP contribution >= 0.6 is 11.6 Å². The molecule has 0 spiro atoms. The minimum Gasteiger partial charge on any atom is -0.494 e. The number of hydrogen-bond acceptors (Lipinski definition) is 2. The van der Waals surface area contributed by atoms with E-state index in [1.807, 2.05) is 0 Å². The van der Waals surface area contributed by atoms with E-state index in [1.54, 1.807) is 0 Å². The highest BCUT2D eigenvalue weighted by molar-refractivity contribution is 6.31. The highest BCUT2D eigenvalue weighted by Crippen LogP contribution is 2.24. The molecule has 0 amide bonds. The highest BCUT2D eigenvalue weighted by atomic mass is 35.5. The monoisotopic (exact) mass is 282 g/mol. The summed E-state index contributed by atoms with van der Waals surface area (Å²) in [4.78, 5) is 12.1. The predicted molar refractivity (Wildman–Crippen MR) is 67.8 cm³/mol. The van der Waals surface area contributed by atoms with Gasteiger partial charge in [-0.1, -0.05) is 17.7 Å². The van der Waals surface area contributed by atoms with Gasteiger partial charge in [-0.15, -0.1) is 0 Å². The number of benzene rings is 2. The van der Waals surface area contributed by atoms with Crippen molar-refractivity contribution in [3.05, 3.63) is 64.2 Å². The molecule has 0 aromatic heterocycles. The van der Waals surface area contributed by atoms with Crippen LogP contribution < -0.4 is 4.74 Å². The van der Waals surface area contributed by atoms with E-state index in [9.17, 15) is 13.6 Å². The van der Waals surface area contributed by atoms with Gasteiger partial charge >= 0.3 is 0 Å². The maximum Gasteiger partial charge on any atom is 0.199 e. The van der Waals surface area contributed by atoms with Gasteiger partial charge in [-0.25, -0.2) is 8.78 Å². The first-order chi connectivity index (χ1) is 9.04. The Morgan fingerprint density at radius 1 is 1.16 bits per heavy atom. The summed E-state index contributed by atoms with van der Waals surface area (Å²) in [5.41, 5.74) is -0.542. The molecule has 0 unspecified atom stereocenters. The van der Waals surface area contributed by atoms with Crippen molar-refractivity contribution in [2.24, 2.45) is 0 Å². The molecule has 2 rings (SSSR count). The van der Waals surface area contributed by atoms with Crippen LogP contribution in [0.4, 0.5) is 8.78 Å². The molecule has 0 saturated carbocycles. The van der Waals surface area contributed by atoms with E-state index in [0.717, 1.165) is 12.1 Å². The van der Waals surface area contributed by atoms with Crippen LogP contribution in [0.3, 0.4) is 0 Å².